The molecule has 0 aromatic heterocycles. The normalized spacial score (nSPS) is 19.2. The van der Waals surface area contributed by atoms with Crippen molar-refractivity contribution >= 4 is 15.7 Å². The Morgan fingerprint density at radius 3 is 2.42 bits per heavy atom. The van der Waals surface area contributed by atoms with Gasteiger partial charge in [0.1, 0.15) is 0 Å². The van der Waals surface area contributed by atoms with Crippen LogP contribution >= 0.6 is 0 Å². The molecule has 6 heteroatoms. The van der Waals surface area contributed by atoms with Crippen LogP contribution in [0.15, 0.2) is 53.4 Å². The Labute approximate surface area is 154 Å². The zero-order valence-electron chi connectivity index (χ0n) is 14.7. The molecule has 2 N–H and O–H groups in total. The highest BCUT2D eigenvalue weighted by Gasteiger charge is 2.30. The Hall–Kier alpha value is -2.18. The van der Waals surface area contributed by atoms with Crippen molar-refractivity contribution in [2.75, 3.05) is 5.75 Å². The van der Waals surface area contributed by atoms with Gasteiger partial charge in [0.25, 0.3) is 0 Å². The molecule has 0 unspecified atom stereocenters. The van der Waals surface area contributed by atoms with Crippen LogP contribution in [-0.2, 0) is 21.1 Å². The van der Waals surface area contributed by atoms with Gasteiger partial charge in [-0.05, 0) is 35.2 Å². The lowest BCUT2D eigenvalue weighted by molar-refractivity contribution is -0.121. The zero-order valence-corrected chi connectivity index (χ0v) is 15.5. The van der Waals surface area contributed by atoms with Crippen molar-refractivity contribution in [2.24, 2.45) is 0 Å². The molecular formula is C20H23NO4S. The summed E-state index contributed by atoms with van der Waals surface area (Å²) < 4.78 is 23.6. The van der Waals surface area contributed by atoms with Crippen molar-refractivity contribution in [3.63, 3.8) is 0 Å². The molecule has 5 nitrogen and oxygen atoms in total. The van der Waals surface area contributed by atoms with E-state index in [1.807, 2.05) is 24.3 Å². The quantitative estimate of drug-likeness (QED) is 0.815. The van der Waals surface area contributed by atoms with E-state index < -0.39 is 15.9 Å². The van der Waals surface area contributed by atoms with Gasteiger partial charge in [-0.3, -0.25) is 4.79 Å². The number of benzene rings is 2. The number of rotatable bonds is 6. The number of amides is 1. The van der Waals surface area contributed by atoms with E-state index in [4.69, 9.17) is 0 Å². The third-order valence-electron chi connectivity index (χ3n) is 4.83. The molecule has 0 saturated carbocycles. The minimum absolute atomic E-state index is 0.0729. The molecule has 3 rings (SSSR count). The van der Waals surface area contributed by atoms with Gasteiger partial charge in [0.05, 0.1) is 22.8 Å². The molecule has 0 fully saturated rings. The van der Waals surface area contributed by atoms with Gasteiger partial charge >= 0.3 is 0 Å². The molecule has 0 radical (unpaired) electrons. The minimum Gasteiger partial charge on any atom is -0.388 e. The van der Waals surface area contributed by atoms with E-state index in [1.54, 1.807) is 31.2 Å². The maximum atomic E-state index is 12.3. The van der Waals surface area contributed by atoms with E-state index in [2.05, 4.69) is 5.32 Å². The zero-order chi connectivity index (χ0) is 18.7. The summed E-state index contributed by atoms with van der Waals surface area (Å²) >= 11 is 0. The van der Waals surface area contributed by atoms with E-state index in [0.717, 1.165) is 16.7 Å². The number of nitrogens with one attached hydrogen (secondary N) is 1. The highest BCUT2D eigenvalue weighted by atomic mass is 32.2. The minimum atomic E-state index is -3.20. The SMILES string of the molecule is CCS(=O)(=O)c1ccc(CCC(=O)N[C@@H]2C[C@H](O)c3ccccc32)cc1. The molecular weight excluding hydrogens is 350 g/mol. The third-order valence-corrected chi connectivity index (χ3v) is 6.58. The summed E-state index contributed by atoms with van der Waals surface area (Å²) in [5, 5.41) is 13.1. The second kappa shape index (κ2) is 7.60. The molecule has 2 aromatic carbocycles. The van der Waals surface area contributed by atoms with Crippen LogP contribution in [0.25, 0.3) is 0 Å². The van der Waals surface area contributed by atoms with Crippen molar-refractivity contribution < 1.29 is 18.3 Å². The first-order chi connectivity index (χ1) is 12.4. The summed E-state index contributed by atoms with van der Waals surface area (Å²) in [6, 6.07) is 14.1. The highest BCUT2D eigenvalue weighted by Crippen LogP contribution is 2.38. The number of hydrogen-bond acceptors (Lipinski definition) is 4. The summed E-state index contributed by atoms with van der Waals surface area (Å²) in [7, 11) is -3.20. The lowest BCUT2D eigenvalue weighted by Crippen LogP contribution is -2.27. The highest BCUT2D eigenvalue weighted by molar-refractivity contribution is 7.91. The van der Waals surface area contributed by atoms with Gasteiger partial charge in [0.2, 0.25) is 5.91 Å². The number of hydrogen-bond donors (Lipinski definition) is 2. The Kier molecular flexibility index (Phi) is 5.44. The van der Waals surface area contributed by atoms with Crippen molar-refractivity contribution in [3.05, 3.63) is 65.2 Å². The fraction of sp³-hybridized carbons (Fsp3) is 0.350. The fourth-order valence-corrected chi connectivity index (χ4v) is 4.18. The Bertz CT molecular complexity index is 890. The molecule has 2 atom stereocenters. The maximum absolute atomic E-state index is 12.3. The lowest BCUT2D eigenvalue weighted by Gasteiger charge is -2.14. The number of sulfone groups is 1. The van der Waals surface area contributed by atoms with Crippen molar-refractivity contribution in [3.8, 4) is 0 Å². The Balaban J connectivity index is 1.57. The average Bonchev–Trinajstić information content (AvgIpc) is 2.96. The smallest absolute Gasteiger partial charge is 0.220 e. The maximum Gasteiger partial charge on any atom is 0.220 e. The second-order valence-electron chi connectivity index (χ2n) is 6.55. The van der Waals surface area contributed by atoms with Crippen LogP contribution in [0.2, 0.25) is 0 Å². The van der Waals surface area contributed by atoms with Crippen LogP contribution in [-0.4, -0.2) is 25.2 Å². The van der Waals surface area contributed by atoms with Gasteiger partial charge < -0.3 is 10.4 Å². The summed E-state index contributed by atoms with van der Waals surface area (Å²) in [5.41, 5.74) is 2.77. The monoisotopic (exact) mass is 373 g/mol. The molecule has 0 heterocycles. The summed E-state index contributed by atoms with van der Waals surface area (Å²) in [6.07, 6.45) is 0.808. The largest absolute Gasteiger partial charge is 0.388 e. The van der Waals surface area contributed by atoms with Gasteiger partial charge in [-0.25, -0.2) is 8.42 Å². The summed E-state index contributed by atoms with van der Waals surface area (Å²) in [5.74, 6) is -0.00660. The Morgan fingerprint density at radius 2 is 1.77 bits per heavy atom. The molecule has 0 aliphatic heterocycles. The number of aliphatic hydroxyl groups excluding tert-OH is 1. The van der Waals surface area contributed by atoms with Crippen LogP contribution < -0.4 is 5.32 Å². The van der Waals surface area contributed by atoms with E-state index in [9.17, 15) is 18.3 Å². The molecule has 0 bridgehead atoms. The number of carbonyl (C=O) groups excluding carboxylic acids is 1. The first kappa shape index (κ1) is 18.6. The van der Waals surface area contributed by atoms with Gasteiger partial charge in [0, 0.05) is 12.8 Å². The van der Waals surface area contributed by atoms with Crippen molar-refractivity contribution in [1.82, 2.24) is 5.32 Å². The van der Waals surface area contributed by atoms with Crippen LogP contribution in [0.3, 0.4) is 0 Å². The van der Waals surface area contributed by atoms with Gasteiger partial charge in [0.15, 0.2) is 9.84 Å². The van der Waals surface area contributed by atoms with Crippen LogP contribution in [0.1, 0.15) is 48.6 Å². The third kappa shape index (κ3) is 3.97. The van der Waals surface area contributed by atoms with Crippen molar-refractivity contribution in [1.29, 1.82) is 0 Å². The standard InChI is InChI=1S/C20H23NO4S/c1-2-26(24,25)15-10-7-14(8-11-15)9-12-20(23)21-18-13-19(22)17-6-4-3-5-16(17)18/h3-8,10-11,18-19,22H,2,9,12-13H2,1H3,(H,21,23)/t18-,19+/m1/s1. The average molecular weight is 373 g/mol. The van der Waals surface area contributed by atoms with E-state index >= 15 is 0 Å². The molecule has 138 valence electrons. The molecule has 0 spiro atoms. The first-order valence-corrected chi connectivity index (χ1v) is 10.4. The molecule has 1 aliphatic rings. The number of carbonyl (C=O) groups is 1. The molecule has 1 amide bonds. The number of aryl methyl sites for hydroxylation is 1. The molecule has 2 aromatic rings. The molecule has 26 heavy (non-hydrogen) atoms. The molecule has 0 saturated heterocycles. The van der Waals surface area contributed by atoms with E-state index in [1.165, 1.54) is 0 Å². The van der Waals surface area contributed by atoms with Crippen LogP contribution in [0, 0.1) is 0 Å². The predicted octanol–water partition coefficient (Wildman–Crippen LogP) is 2.71. The van der Waals surface area contributed by atoms with Crippen LogP contribution in [0.5, 0.6) is 0 Å². The van der Waals surface area contributed by atoms with Gasteiger partial charge in [-0.15, -0.1) is 0 Å². The summed E-state index contributed by atoms with van der Waals surface area (Å²) in [6.45, 7) is 1.62. The first-order valence-electron chi connectivity index (χ1n) is 8.78. The second-order valence-corrected chi connectivity index (χ2v) is 8.83. The predicted molar refractivity (Wildman–Crippen MR) is 99.4 cm³/mol. The number of aliphatic hydroxyl groups is 1. The van der Waals surface area contributed by atoms with Gasteiger partial charge in [-0.2, -0.15) is 0 Å². The fourth-order valence-electron chi connectivity index (χ4n) is 3.30. The Morgan fingerprint density at radius 1 is 1.12 bits per heavy atom. The number of fused-ring (bicyclic) bond motifs is 1. The lowest BCUT2D eigenvalue weighted by atomic mass is 10.1. The van der Waals surface area contributed by atoms with Crippen LogP contribution in [0.4, 0.5) is 0 Å². The summed E-state index contributed by atoms with van der Waals surface area (Å²) in [4.78, 5) is 12.6. The van der Waals surface area contributed by atoms with E-state index in [0.29, 0.717) is 24.2 Å². The van der Waals surface area contributed by atoms with Gasteiger partial charge in [-0.1, -0.05) is 43.3 Å². The molecule has 1 aliphatic carbocycles. The van der Waals surface area contributed by atoms with Crippen molar-refractivity contribution in [2.45, 2.75) is 43.2 Å². The van der Waals surface area contributed by atoms with E-state index in [-0.39, 0.29) is 17.7 Å². The topological polar surface area (TPSA) is 83.5 Å².